The van der Waals surface area contributed by atoms with Crippen molar-refractivity contribution >= 4 is 28.6 Å². The molecule has 3 aromatic rings. The number of carbonyl (C=O) groups is 1. The van der Waals surface area contributed by atoms with E-state index in [-0.39, 0.29) is 11.8 Å². The molecule has 1 aliphatic heterocycles. The molecule has 0 unspecified atom stereocenters. The zero-order valence-corrected chi connectivity index (χ0v) is 15.0. The molecule has 1 aliphatic rings. The number of nitrogens with two attached hydrogens (primary N) is 1. The number of fused-ring (bicyclic) bond motifs is 1. The van der Waals surface area contributed by atoms with E-state index >= 15 is 0 Å². The Hall–Kier alpha value is -3.22. The fourth-order valence-electron chi connectivity index (χ4n) is 3.41. The van der Waals surface area contributed by atoms with Crippen LogP contribution in [-0.4, -0.2) is 33.9 Å². The SMILES string of the molecule is Nc1nc(N2CCC(C(=O)NCc3cccnc3)CC2)nc2ccccc12. The summed E-state index contributed by atoms with van der Waals surface area (Å²) in [6.07, 6.45) is 5.04. The Morgan fingerprint density at radius 1 is 1.15 bits per heavy atom. The van der Waals surface area contributed by atoms with E-state index in [2.05, 4.69) is 25.2 Å². The first-order valence-corrected chi connectivity index (χ1v) is 9.14. The van der Waals surface area contributed by atoms with E-state index < -0.39 is 0 Å². The van der Waals surface area contributed by atoms with Crippen LogP contribution < -0.4 is 16.0 Å². The number of nitrogens with one attached hydrogen (secondary N) is 1. The van der Waals surface area contributed by atoms with Gasteiger partial charge in [0, 0.05) is 43.3 Å². The Kier molecular flexibility index (Phi) is 4.82. The van der Waals surface area contributed by atoms with Crippen LogP contribution in [-0.2, 0) is 11.3 Å². The summed E-state index contributed by atoms with van der Waals surface area (Å²) in [7, 11) is 0. The molecule has 1 saturated heterocycles. The largest absolute Gasteiger partial charge is 0.383 e. The highest BCUT2D eigenvalue weighted by Gasteiger charge is 2.26. The number of benzene rings is 1. The summed E-state index contributed by atoms with van der Waals surface area (Å²) in [4.78, 5) is 27.7. The average molecular weight is 362 g/mol. The molecule has 1 fully saturated rings. The summed E-state index contributed by atoms with van der Waals surface area (Å²) >= 11 is 0. The number of anilines is 2. The van der Waals surface area contributed by atoms with Crippen molar-refractivity contribution in [2.24, 2.45) is 5.92 Å². The topological polar surface area (TPSA) is 97.0 Å². The van der Waals surface area contributed by atoms with Gasteiger partial charge >= 0.3 is 0 Å². The predicted octanol–water partition coefficient (Wildman–Crippen LogP) is 2.14. The van der Waals surface area contributed by atoms with Crippen molar-refractivity contribution in [3.8, 4) is 0 Å². The van der Waals surface area contributed by atoms with E-state index in [9.17, 15) is 4.79 Å². The number of hydrogen-bond donors (Lipinski definition) is 2. The van der Waals surface area contributed by atoms with Crippen molar-refractivity contribution in [1.82, 2.24) is 20.3 Å². The van der Waals surface area contributed by atoms with Gasteiger partial charge in [-0.15, -0.1) is 0 Å². The zero-order chi connectivity index (χ0) is 18.6. The van der Waals surface area contributed by atoms with E-state index in [0.29, 0.717) is 18.3 Å². The quantitative estimate of drug-likeness (QED) is 0.738. The van der Waals surface area contributed by atoms with Crippen LogP contribution in [0.15, 0.2) is 48.8 Å². The number of amides is 1. The maximum atomic E-state index is 12.4. The van der Waals surface area contributed by atoms with Crippen molar-refractivity contribution in [2.75, 3.05) is 23.7 Å². The average Bonchev–Trinajstić information content (AvgIpc) is 2.73. The van der Waals surface area contributed by atoms with Crippen LogP contribution in [0.5, 0.6) is 0 Å². The Balaban J connectivity index is 1.36. The van der Waals surface area contributed by atoms with Gasteiger partial charge < -0.3 is 16.0 Å². The number of para-hydroxylation sites is 1. The Labute approximate surface area is 157 Å². The van der Waals surface area contributed by atoms with Crippen LogP contribution in [0.1, 0.15) is 18.4 Å². The first-order chi connectivity index (χ1) is 13.2. The van der Waals surface area contributed by atoms with E-state index in [1.54, 1.807) is 12.4 Å². The van der Waals surface area contributed by atoms with Gasteiger partial charge in [0.2, 0.25) is 11.9 Å². The third-order valence-electron chi connectivity index (χ3n) is 4.96. The lowest BCUT2D eigenvalue weighted by Crippen LogP contribution is -2.41. The third kappa shape index (κ3) is 3.81. The molecular formula is C20H22N6O. The maximum Gasteiger partial charge on any atom is 0.227 e. The van der Waals surface area contributed by atoms with Crippen LogP contribution >= 0.6 is 0 Å². The van der Waals surface area contributed by atoms with Crippen molar-refractivity contribution in [2.45, 2.75) is 19.4 Å². The summed E-state index contributed by atoms with van der Waals surface area (Å²) in [6, 6.07) is 11.6. The fourth-order valence-corrected chi connectivity index (χ4v) is 3.41. The van der Waals surface area contributed by atoms with Gasteiger partial charge in [0.05, 0.1) is 5.52 Å². The molecule has 0 saturated carbocycles. The summed E-state index contributed by atoms with van der Waals surface area (Å²) in [6.45, 7) is 1.99. The molecule has 2 aromatic heterocycles. The highest BCUT2D eigenvalue weighted by Crippen LogP contribution is 2.25. The molecule has 0 spiro atoms. The minimum Gasteiger partial charge on any atom is -0.383 e. The van der Waals surface area contributed by atoms with Crippen LogP contribution in [0.25, 0.3) is 10.9 Å². The van der Waals surface area contributed by atoms with Crippen LogP contribution in [0, 0.1) is 5.92 Å². The van der Waals surface area contributed by atoms with Gasteiger partial charge in [-0.3, -0.25) is 9.78 Å². The molecule has 1 aromatic carbocycles. The van der Waals surface area contributed by atoms with Gasteiger partial charge in [0.15, 0.2) is 0 Å². The fraction of sp³-hybridized carbons (Fsp3) is 0.300. The first kappa shape index (κ1) is 17.2. The molecule has 27 heavy (non-hydrogen) atoms. The summed E-state index contributed by atoms with van der Waals surface area (Å²) < 4.78 is 0. The Morgan fingerprint density at radius 3 is 2.74 bits per heavy atom. The molecule has 138 valence electrons. The standard InChI is InChI=1S/C20H22N6O/c21-18-16-5-1-2-6-17(16)24-20(25-18)26-10-7-15(8-11-26)19(27)23-13-14-4-3-9-22-12-14/h1-6,9,12,15H,7-8,10-11,13H2,(H,23,27)(H2,21,24,25). The highest BCUT2D eigenvalue weighted by atomic mass is 16.1. The van der Waals surface area contributed by atoms with Crippen LogP contribution in [0.4, 0.5) is 11.8 Å². The Morgan fingerprint density at radius 2 is 1.96 bits per heavy atom. The second kappa shape index (κ2) is 7.57. The minimum atomic E-state index is 0.00993. The molecule has 4 rings (SSSR count). The molecule has 7 nitrogen and oxygen atoms in total. The number of nitrogens with zero attached hydrogens (tertiary/aromatic N) is 4. The molecule has 0 atom stereocenters. The van der Waals surface area contributed by atoms with E-state index in [4.69, 9.17) is 5.73 Å². The molecule has 7 heteroatoms. The number of hydrogen-bond acceptors (Lipinski definition) is 6. The number of rotatable bonds is 4. The van der Waals surface area contributed by atoms with Gasteiger partial charge in [0.25, 0.3) is 0 Å². The maximum absolute atomic E-state index is 12.4. The number of carbonyl (C=O) groups excluding carboxylic acids is 1. The molecular weight excluding hydrogens is 340 g/mol. The van der Waals surface area contributed by atoms with Crippen molar-refractivity contribution < 1.29 is 4.79 Å². The van der Waals surface area contributed by atoms with Crippen molar-refractivity contribution in [3.63, 3.8) is 0 Å². The highest BCUT2D eigenvalue weighted by molar-refractivity contribution is 5.88. The molecule has 1 amide bonds. The molecule has 0 bridgehead atoms. The van der Waals surface area contributed by atoms with E-state index in [1.807, 2.05) is 36.4 Å². The number of nitrogen functional groups attached to an aromatic ring is 1. The van der Waals surface area contributed by atoms with E-state index in [0.717, 1.165) is 42.4 Å². The molecule has 0 radical (unpaired) electrons. The monoisotopic (exact) mass is 362 g/mol. The van der Waals surface area contributed by atoms with Gasteiger partial charge in [-0.05, 0) is 36.6 Å². The van der Waals surface area contributed by atoms with Crippen LogP contribution in [0.2, 0.25) is 0 Å². The molecule has 3 heterocycles. The second-order valence-electron chi connectivity index (χ2n) is 6.77. The lowest BCUT2D eigenvalue weighted by molar-refractivity contribution is -0.125. The van der Waals surface area contributed by atoms with Crippen molar-refractivity contribution in [3.05, 3.63) is 54.4 Å². The van der Waals surface area contributed by atoms with Gasteiger partial charge in [-0.25, -0.2) is 4.98 Å². The lowest BCUT2D eigenvalue weighted by atomic mass is 9.96. The van der Waals surface area contributed by atoms with Gasteiger partial charge in [-0.1, -0.05) is 18.2 Å². The summed E-state index contributed by atoms with van der Waals surface area (Å²) in [5, 5.41) is 3.87. The van der Waals surface area contributed by atoms with Crippen molar-refractivity contribution in [1.29, 1.82) is 0 Å². The zero-order valence-electron chi connectivity index (χ0n) is 15.0. The molecule has 3 N–H and O–H groups in total. The van der Waals surface area contributed by atoms with E-state index in [1.165, 1.54) is 0 Å². The van der Waals surface area contributed by atoms with Gasteiger partial charge in [-0.2, -0.15) is 4.98 Å². The Bertz CT molecular complexity index is 938. The van der Waals surface area contributed by atoms with Crippen LogP contribution in [0.3, 0.4) is 0 Å². The predicted molar refractivity (Wildman–Crippen MR) is 105 cm³/mol. The first-order valence-electron chi connectivity index (χ1n) is 9.14. The molecule has 0 aliphatic carbocycles. The smallest absolute Gasteiger partial charge is 0.227 e. The number of pyridine rings is 1. The normalized spacial score (nSPS) is 15.0. The minimum absolute atomic E-state index is 0.00993. The lowest BCUT2D eigenvalue weighted by Gasteiger charge is -2.31. The number of aromatic nitrogens is 3. The van der Waals surface area contributed by atoms with Gasteiger partial charge in [0.1, 0.15) is 5.82 Å². The second-order valence-corrected chi connectivity index (χ2v) is 6.77. The summed E-state index contributed by atoms with van der Waals surface area (Å²) in [5.74, 6) is 1.24. The summed E-state index contributed by atoms with van der Waals surface area (Å²) in [5.41, 5.74) is 7.93. The third-order valence-corrected chi connectivity index (χ3v) is 4.96. The number of piperidine rings is 1.